The van der Waals surface area contributed by atoms with Crippen LogP contribution in [0.4, 0.5) is 0 Å². The number of rotatable bonds is 0. The van der Waals surface area contributed by atoms with Crippen LogP contribution in [0, 0.1) is 0 Å². The Morgan fingerprint density at radius 1 is 0.560 bits per heavy atom. The lowest BCUT2D eigenvalue weighted by Crippen LogP contribution is -2.14. The van der Waals surface area contributed by atoms with Crippen LogP contribution in [0.25, 0.3) is 0 Å². The summed E-state index contributed by atoms with van der Waals surface area (Å²) in [5.41, 5.74) is 0.819. The molecular weight excluding hydrogens is 320 g/mol. The molecule has 0 spiro atoms. The maximum absolute atomic E-state index is 5.81. The molecule has 2 aromatic rings. The number of hydrogen-bond acceptors (Lipinski definition) is 5. The molecule has 0 aromatic heterocycles. The van der Waals surface area contributed by atoms with E-state index in [-0.39, 0.29) is 0 Å². The topological polar surface area (TPSA) is 46.2 Å². The van der Waals surface area contributed by atoms with Gasteiger partial charge in [0, 0.05) is 0 Å². The minimum atomic E-state index is 0.347. The third kappa shape index (κ3) is 5.16. The molecule has 5 heteroatoms. The van der Waals surface area contributed by atoms with E-state index in [4.69, 9.17) is 23.7 Å². The first-order valence-electron chi connectivity index (χ1n) is 8.26. The normalized spacial score (nSPS) is 16.2. The molecule has 1 aliphatic heterocycles. The van der Waals surface area contributed by atoms with Crippen molar-refractivity contribution in [3.63, 3.8) is 0 Å². The fourth-order valence-electron chi connectivity index (χ4n) is 2.30. The number of para-hydroxylation sites is 4. The molecule has 3 rings (SSSR count). The molecule has 0 fully saturated rings. The third-order valence-corrected chi connectivity index (χ3v) is 3.53. The van der Waals surface area contributed by atoms with Gasteiger partial charge in [0.15, 0.2) is 23.0 Å². The molecule has 0 aliphatic carbocycles. The Balaban J connectivity index is 1.69. The summed E-state index contributed by atoms with van der Waals surface area (Å²) in [6.45, 7) is 6.55. The molecule has 132 valence electrons. The first-order valence-corrected chi connectivity index (χ1v) is 8.26. The summed E-state index contributed by atoms with van der Waals surface area (Å²) in [4.78, 5) is 0. The lowest BCUT2D eigenvalue weighted by Gasteiger charge is -2.16. The number of ether oxygens (including phenoxy) is 5. The van der Waals surface area contributed by atoms with Gasteiger partial charge in [-0.2, -0.15) is 0 Å². The fraction of sp³-hybridized carbons (Fsp3) is 0.300. The largest absolute Gasteiger partial charge is 0.487 e. The lowest BCUT2D eigenvalue weighted by molar-refractivity contribution is 0.0744. The van der Waals surface area contributed by atoms with Crippen LogP contribution in [0.15, 0.2) is 60.7 Å². The molecule has 25 heavy (non-hydrogen) atoms. The summed E-state index contributed by atoms with van der Waals surface area (Å²) in [5.74, 6) is 2.74. The fourth-order valence-corrected chi connectivity index (χ4v) is 2.30. The van der Waals surface area contributed by atoms with Gasteiger partial charge in [-0.25, -0.2) is 0 Å². The summed E-state index contributed by atoms with van der Waals surface area (Å²) in [6, 6.07) is 15.1. The third-order valence-electron chi connectivity index (χ3n) is 3.53. The van der Waals surface area contributed by atoms with E-state index in [0.29, 0.717) is 62.6 Å². The molecule has 1 aliphatic rings. The van der Waals surface area contributed by atoms with E-state index in [9.17, 15) is 0 Å². The summed E-state index contributed by atoms with van der Waals surface area (Å²) in [5, 5.41) is 0. The van der Waals surface area contributed by atoms with Gasteiger partial charge in [-0.3, -0.25) is 0 Å². The van der Waals surface area contributed by atoms with Crippen LogP contribution in [0.3, 0.4) is 0 Å². The van der Waals surface area contributed by atoms with Gasteiger partial charge in [0.25, 0.3) is 0 Å². The highest BCUT2D eigenvalue weighted by molar-refractivity contribution is 5.40. The van der Waals surface area contributed by atoms with Crippen molar-refractivity contribution in [1.29, 1.82) is 0 Å². The van der Waals surface area contributed by atoms with Crippen molar-refractivity contribution >= 4 is 0 Å². The number of benzene rings is 2. The van der Waals surface area contributed by atoms with Crippen LogP contribution < -0.4 is 18.9 Å². The maximum Gasteiger partial charge on any atom is 0.161 e. The van der Waals surface area contributed by atoms with E-state index in [0.717, 1.165) is 5.57 Å². The molecule has 1 heterocycles. The lowest BCUT2D eigenvalue weighted by atomic mass is 10.3. The van der Waals surface area contributed by atoms with Gasteiger partial charge < -0.3 is 23.7 Å². The molecule has 0 amide bonds. The zero-order chi connectivity index (χ0) is 17.3. The van der Waals surface area contributed by atoms with E-state index in [2.05, 4.69) is 6.58 Å². The highest BCUT2D eigenvalue weighted by Gasteiger charge is 2.08. The first-order chi connectivity index (χ1) is 12.3. The van der Waals surface area contributed by atoms with Gasteiger partial charge in [-0.05, 0) is 29.8 Å². The van der Waals surface area contributed by atoms with E-state index in [1.165, 1.54) is 0 Å². The zero-order valence-electron chi connectivity index (χ0n) is 14.1. The van der Waals surface area contributed by atoms with Crippen molar-refractivity contribution in [2.75, 3.05) is 39.6 Å². The molecule has 0 bridgehead atoms. The molecule has 5 nitrogen and oxygen atoms in total. The Morgan fingerprint density at radius 3 is 1.40 bits per heavy atom. The van der Waals surface area contributed by atoms with Crippen LogP contribution in [0.1, 0.15) is 0 Å². The van der Waals surface area contributed by atoms with Gasteiger partial charge in [0.1, 0.15) is 26.4 Å². The second-order valence-electron chi connectivity index (χ2n) is 5.53. The van der Waals surface area contributed by atoms with Crippen molar-refractivity contribution in [2.45, 2.75) is 0 Å². The smallest absolute Gasteiger partial charge is 0.161 e. The first kappa shape index (κ1) is 17.2. The number of fused-ring (bicyclic) bond motifs is 2. The molecule has 2 aromatic carbocycles. The van der Waals surface area contributed by atoms with Gasteiger partial charge >= 0.3 is 0 Å². The average molecular weight is 342 g/mol. The van der Waals surface area contributed by atoms with E-state index < -0.39 is 0 Å². The molecule has 0 atom stereocenters. The van der Waals surface area contributed by atoms with Crippen LogP contribution in [-0.4, -0.2) is 39.6 Å². The molecule has 0 N–H and O–H groups in total. The van der Waals surface area contributed by atoms with Crippen molar-refractivity contribution in [3.8, 4) is 23.0 Å². The van der Waals surface area contributed by atoms with Gasteiger partial charge in [-0.1, -0.05) is 30.8 Å². The standard InChI is InChI=1S/C20H22O5/c1-16-14-24-19-8-4-2-6-17(19)22-12-10-21-11-13-23-18-7-3-5-9-20(18)25-15-16/h2-9H,1,10-15H2. The summed E-state index contributed by atoms with van der Waals surface area (Å²) < 4.78 is 28.6. The Labute approximate surface area is 147 Å². The highest BCUT2D eigenvalue weighted by atomic mass is 16.6. The molecule has 0 unspecified atom stereocenters. The molecule has 0 saturated carbocycles. The minimum absolute atomic E-state index is 0.347. The molecule has 0 radical (unpaired) electrons. The Bertz CT molecular complexity index is 640. The average Bonchev–Trinajstić information content (AvgIpc) is 2.64. The van der Waals surface area contributed by atoms with E-state index in [1.807, 2.05) is 48.5 Å². The van der Waals surface area contributed by atoms with Crippen LogP contribution in [0.2, 0.25) is 0 Å². The number of hydrogen-bond donors (Lipinski definition) is 0. The second-order valence-corrected chi connectivity index (χ2v) is 5.53. The van der Waals surface area contributed by atoms with Crippen LogP contribution >= 0.6 is 0 Å². The van der Waals surface area contributed by atoms with Crippen molar-refractivity contribution in [1.82, 2.24) is 0 Å². The van der Waals surface area contributed by atoms with Crippen molar-refractivity contribution in [3.05, 3.63) is 60.7 Å². The Kier molecular flexibility index (Phi) is 6.17. The summed E-state index contributed by atoms with van der Waals surface area (Å²) in [6.07, 6.45) is 0. The zero-order valence-corrected chi connectivity index (χ0v) is 14.1. The summed E-state index contributed by atoms with van der Waals surface area (Å²) in [7, 11) is 0. The predicted octanol–water partition coefficient (Wildman–Crippen LogP) is 3.49. The van der Waals surface area contributed by atoms with Crippen molar-refractivity contribution in [2.24, 2.45) is 0 Å². The van der Waals surface area contributed by atoms with Gasteiger partial charge in [-0.15, -0.1) is 0 Å². The minimum Gasteiger partial charge on any atom is -0.487 e. The second kappa shape index (κ2) is 8.99. The molecular formula is C20H22O5. The van der Waals surface area contributed by atoms with Gasteiger partial charge in [0.2, 0.25) is 0 Å². The Morgan fingerprint density at radius 2 is 0.960 bits per heavy atom. The van der Waals surface area contributed by atoms with E-state index >= 15 is 0 Å². The van der Waals surface area contributed by atoms with Crippen molar-refractivity contribution < 1.29 is 23.7 Å². The Hall–Kier alpha value is -2.66. The van der Waals surface area contributed by atoms with Crippen LogP contribution in [-0.2, 0) is 4.74 Å². The molecule has 0 saturated heterocycles. The SMILES string of the molecule is C=C1COc2ccccc2OCCOCCOc2ccccc2OC1. The highest BCUT2D eigenvalue weighted by Crippen LogP contribution is 2.28. The quantitative estimate of drug-likeness (QED) is 0.686. The van der Waals surface area contributed by atoms with Crippen LogP contribution in [0.5, 0.6) is 23.0 Å². The summed E-state index contributed by atoms with van der Waals surface area (Å²) >= 11 is 0. The van der Waals surface area contributed by atoms with E-state index in [1.54, 1.807) is 0 Å². The van der Waals surface area contributed by atoms with Gasteiger partial charge in [0.05, 0.1) is 13.2 Å². The predicted molar refractivity (Wildman–Crippen MR) is 94.8 cm³/mol. The maximum atomic E-state index is 5.81. The monoisotopic (exact) mass is 342 g/mol.